The van der Waals surface area contributed by atoms with Crippen LogP contribution >= 0.6 is 0 Å². The average Bonchev–Trinajstić information content (AvgIpc) is 2.48. The van der Waals surface area contributed by atoms with Crippen molar-refractivity contribution in [1.82, 2.24) is 0 Å². The SMILES string of the molecule is CC1(OC(C=O)C(=O)O)CCCC1. The summed E-state index contributed by atoms with van der Waals surface area (Å²) < 4.78 is 5.24. The second-order valence-electron chi connectivity index (χ2n) is 3.67. The summed E-state index contributed by atoms with van der Waals surface area (Å²) in [5.41, 5.74) is -0.413. The quantitative estimate of drug-likeness (QED) is 0.525. The second-order valence-corrected chi connectivity index (χ2v) is 3.67. The Labute approximate surface area is 76.9 Å². The Balaban J connectivity index is 2.54. The van der Waals surface area contributed by atoms with Crippen LogP contribution in [0.4, 0.5) is 0 Å². The topological polar surface area (TPSA) is 63.6 Å². The highest BCUT2D eigenvalue weighted by molar-refractivity contribution is 5.89. The molecule has 0 spiro atoms. The number of ether oxygens (including phenoxy) is 1. The van der Waals surface area contributed by atoms with E-state index in [1.807, 2.05) is 6.92 Å². The minimum Gasteiger partial charge on any atom is -0.479 e. The Morgan fingerprint density at radius 2 is 2.08 bits per heavy atom. The first-order valence-corrected chi connectivity index (χ1v) is 4.43. The van der Waals surface area contributed by atoms with Gasteiger partial charge in [0.1, 0.15) is 0 Å². The number of rotatable bonds is 4. The molecule has 1 unspecified atom stereocenters. The molecule has 0 aliphatic heterocycles. The van der Waals surface area contributed by atoms with E-state index in [2.05, 4.69) is 0 Å². The molecule has 13 heavy (non-hydrogen) atoms. The lowest BCUT2D eigenvalue weighted by Crippen LogP contribution is -2.36. The van der Waals surface area contributed by atoms with Crippen molar-refractivity contribution in [2.75, 3.05) is 0 Å². The Kier molecular flexibility index (Phi) is 3.03. The summed E-state index contributed by atoms with van der Waals surface area (Å²) in [4.78, 5) is 20.9. The predicted octanol–water partition coefficient (Wildman–Crippen LogP) is 0.988. The fraction of sp³-hybridized carbons (Fsp3) is 0.778. The van der Waals surface area contributed by atoms with Gasteiger partial charge in [-0.25, -0.2) is 4.79 Å². The molecule has 4 heteroatoms. The highest BCUT2D eigenvalue weighted by atomic mass is 16.5. The molecular formula is C9H14O4. The third-order valence-electron chi connectivity index (χ3n) is 2.44. The highest BCUT2D eigenvalue weighted by Crippen LogP contribution is 2.33. The van der Waals surface area contributed by atoms with Gasteiger partial charge < -0.3 is 9.84 Å². The van der Waals surface area contributed by atoms with Gasteiger partial charge in [-0.05, 0) is 19.8 Å². The van der Waals surface area contributed by atoms with Gasteiger partial charge in [0.15, 0.2) is 6.29 Å². The van der Waals surface area contributed by atoms with Crippen molar-refractivity contribution in [1.29, 1.82) is 0 Å². The summed E-state index contributed by atoms with van der Waals surface area (Å²) in [7, 11) is 0. The number of carboxylic acids is 1. The molecule has 0 saturated heterocycles. The largest absolute Gasteiger partial charge is 0.479 e. The lowest BCUT2D eigenvalue weighted by molar-refractivity contribution is -0.163. The van der Waals surface area contributed by atoms with Crippen LogP contribution in [-0.2, 0) is 14.3 Å². The van der Waals surface area contributed by atoms with Crippen molar-refractivity contribution in [3.63, 3.8) is 0 Å². The van der Waals surface area contributed by atoms with E-state index in [1.165, 1.54) is 0 Å². The van der Waals surface area contributed by atoms with Crippen molar-refractivity contribution < 1.29 is 19.4 Å². The van der Waals surface area contributed by atoms with E-state index in [0.29, 0.717) is 6.29 Å². The fourth-order valence-corrected chi connectivity index (χ4v) is 1.68. The van der Waals surface area contributed by atoms with Crippen molar-refractivity contribution in [2.24, 2.45) is 0 Å². The normalized spacial score (nSPS) is 22.5. The minimum atomic E-state index is -1.30. The lowest BCUT2D eigenvalue weighted by Gasteiger charge is -2.25. The molecule has 0 heterocycles. The maximum Gasteiger partial charge on any atom is 0.340 e. The molecule has 0 bridgehead atoms. The Hall–Kier alpha value is -0.900. The fourth-order valence-electron chi connectivity index (χ4n) is 1.68. The van der Waals surface area contributed by atoms with E-state index in [4.69, 9.17) is 9.84 Å². The van der Waals surface area contributed by atoms with Gasteiger partial charge in [-0.3, -0.25) is 4.79 Å². The van der Waals surface area contributed by atoms with Crippen LogP contribution in [0.1, 0.15) is 32.6 Å². The Morgan fingerprint density at radius 3 is 2.46 bits per heavy atom. The van der Waals surface area contributed by atoms with Crippen molar-refractivity contribution in [3.05, 3.63) is 0 Å². The number of hydrogen-bond donors (Lipinski definition) is 1. The minimum absolute atomic E-state index is 0.339. The standard InChI is InChI=1S/C9H14O4/c1-9(4-2-3-5-9)13-7(6-10)8(11)12/h6-7H,2-5H2,1H3,(H,11,12). The molecule has 1 atom stereocenters. The second kappa shape index (κ2) is 3.87. The van der Waals surface area contributed by atoms with E-state index in [0.717, 1.165) is 25.7 Å². The predicted molar refractivity (Wildman–Crippen MR) is 45.4 cm³/mol. The van der Waals surface area contributed by atoms with Crippen molar-refractivity contribution >= 4 is 12.3 Å². The molecule has 1 N–H and O–H groups in total. The van der Waals surface area contributed by atoms with Gasteiger partial charge in [0, 0.05) is 0 Å². The molecule has 1 aliphatic carbocycles. The molecule has 0 amide bonds. The van der Waals surface area contributed by atoms with Crippen LogP contribution in [0.3, 0.4) is 0 Å². The molecule has 1 rings (SSSR count). The molecule has 74 valence electrons. The zero-order chi connectivity index (χ0) is 9.90. The van der Waals surface area contributed by atoms with E-state index in [1.54, 1.807) is 0 Å². The summed E-state index contributed by atoms with van der Waals surface area (Å²) in [6.45, 7) is 1.86. The van der Waals surface area contributed by atoms with E-state index in [9.17, 15) is 9.59 Å². The first-order chi connectivity index (χ1) is 6.07. The summed E-state index contributed by atoms with van der Waals surface area (Å²) >= 11 is 0. The lowest BCUT2D eigenvalue weighted by atomic mass is 10.1. The average molecular weight is 186 g/mol. The van der Waals surface area contributed by atoms with Crippen LogP contribution in [0.5, 0.6) is 0 Å². The smallest absolute Gasteiger partial charge is 0.340 e. The van der Waals surface area contributed by atoms with Gasteiger partial charge in [-0.15, -0.1) is 0 Å². The number of carbonyl (C=O) groups is 2. The Morgan fingerprint density at radius 1 is 1.54 bits per heavy atom. The van der Waals surface area contributed by atoms with E-state index >= 15 is 0 Å². The van der Waals surface area contributed by atoms with Crippen molar-refractivity contribution in [2.45, 2.75) is 44.3 Å². The molecular weight excluding hydrogens is 172 g/mol. The maximum absolute atomic E-state index is 10.5. The molecule has 1 aliphatic rings. The van der Waals surface area contributed by atoms with Gasteiger partial charge in [0.05, 0.1) is 5.60 Å². The van der Waals surface area contributed by atoms with Gasteiger partial charge in [-0.2, -0.15) is 0 Å². The number of aldehydes is 1. The summed E-state index contributed by atoms with van der Waals surface area (Å²) in [5, 5.41) is 8.59. The zero-order valence-corrected chi connectivity index (χ0v) is 7.66. The van der Waals surface area contributed by atoms with E-state index < -0.39 is 17.7 Å². The van der Waals surface area contributed by atoms with Crippen LogP contribution in [-0.4, -0.2) is 29.1 Å². The molecule has 0 aromatic heterocycles. The van der Waals surface area contributed by atoms with E-state index in [-0.39, 0.29) is 0 Å². The van der Waals surface area contributed by atoms with Gasteiger partial charge in [0.2, 0.25) is 6.10 Å². The third kappa shape index (κ3) is 2.52. The van der Waals surface area contributed by atoms with Crippen LogP contribution in [0.25, 0.3) is 0 Å². The molecule has 1 fully saturated rings. The van der Waals surface area contributed by atoms with Crippen LogP contribution in [0.15, 0.2) is 0 Å². The zero-order valence-electron chi connectivity index (χ0n) is 7.66. The van der Waals surface area contributed by atoms with Gasteiger partial charge >= 0.3 is 5.97 Å². The summed E-state index contributed by atoms with van der Waals surface area (Å²) in [5.74, 6) is -1.21. The molecule has 0 aromatic rings. The number of aliphatic carboxylic acids is 1. The highest BCUT2D eigenvalue weighted by Gasteiger charge is 2.34. The monoisotopic (exact) mass is 186 g/mol. The van der Waals surface area contributed by atoms with Crippen LogP contribution < -0.4 is 0 Å². The van der Waals surface area contributed by atoms with Crippen molar-refractivity contribution in [3.8, 4) is 0 Å². The first-order valence-electron chi connectivity index (χ1n) is 4.43. The molecule has 1 saturated carbocycles. The third-order valence-corrected chi connectivity index (χ3v) is 2.44. The molecule has 0 aromatic carbocycles. The van der Waals surface area contributed by atoms with Gasteiger partial charge in [0.25, 0.3) is 0 Å². The Bertz CT molecular complexity index is 206. The van der Waals surface area contributed by atoms with Crippen LogP contribution in [0, 0.1) is 0 Å². The number of carbonyl (C=O) groups excluding carboxylic acids is 1. The summed E-state index contributed by atoms with van der Waals surface area (Å²) in [6, 6.07) is 0. The first kappa shape index (κ1) is 10.2. The maximum atomic E-state index is 10.5. The number of carboxylic acid groups (broad SMARTS) is 1. The van der Waals surface area contributed by atoms with Crippen LogP contribution in [0.2, 0.25) is 0 Å². The molecule has 0 radical (unpaired) electrons. The number of hydrogen-bond acceptors (Lipinski definition) is 3. The molecule has 4 nitrogen and oxygen atoms in total. The summed E-state index contributed by atoms with van der Waals surface area (Å²) in [6.07, 6.45) is 2.80. The van der Waals surface area contributed by atoms with Gasteiger partial charge in [-0.1, -0.05) is 12.8 Å².